The Morgan fingerprint density at radius 1 is 1.09 bits per heavy atom. The lowest BCUT2D eigenvalue weighted by Gasteiger charge is -2.17. The molecule has 23 heavy (non-hydrogen) atoms. The molecule has 0 heterocycles. The van der Waals surface area contributed by atoms with E-state index in [-0.39, 0.29) is 16.7 Å². The highest BCUT2D eigenvalue weighted by Gasteiger charge is 2.29. The van der Waals surface area contributed by atoms with Gasteiger partial charge in [0.1, 0.15) is 5.75 Å². The first-order valence-corrected chi connectivity index (χ1v) is 9.56. The van der Waals surface area contributed by atoms with Crippen molar-refractivity contribution in [2.45, 2.75) is 10.4 Å². The molecule has 0 saturated heterocycles. The van der Waals surface area contributed by atoms with Crippen LogP contribution in [0.15, 0.2) is 53.4 Å². The van der Waals surface area contributed by atoms with Gasteiger partial charge in [-0.2, -0.15) is 13.2 Å². The third-order valence-corrected chi connectivity index (χ3v) is 4.73. The third kappa shape index (κ3) is 6.37. The molecule has 0 spiro atoms. The zero-order valence-corrected chi connectivity index (χ0v) is 14.3. The number of thioether (sulfide) groups is 1. The molecule has 0 amide bonds. The van der Waals surface area contributed by atoms with E-state index in [1.807, 2.05) is 0 Å². The molecule has 0 radical (unpaired) electrons. The molecule has 0 aliphatic carbocycles. The summed E-state index contributed by atoms with van der Waals surface area (Å²) in [6, 6.07) is 11.8. The van der Waals surface area contributed by atoms with Gasteiger partial charge < -0.3 is 9.61 Å². The van der Waals surface area contributed by atoms with Gasteiger partial charge in [0.25, 0.3) is 0 Å². The van der Waals surface area contributed by atoms with Gasteiger partial charge >= 0.3 is 13.0 Å². The maximum atomic E-state index is 12.4. The molecule has 124 valence electrons. The third-order valence-electron chi connectivity index (χ3n) is 2.51. The SMILES string of the molecule is C[P@@](=O)(Nc1ccc(SC(F)(F)F)cc1)Oc1ccc(Cl)cc1. The van der Waals surface area contributed by atoms with Crippen molar-refractivity contribution in [1.82, 2.24) is 0 Å². The molecule has 0 aromatic heterocycles. The summed E-state index contributed by atoms with van der Waals surface area (Å²) in [6.45, 7) is 1.37. The van der Waals surface area contributed by atoms with Crippen molar-refractivity contribution < 1.29 is 22.3 Å². The quantitative estimate of drug-likeness (QED) is 0.489. The number of rotatable bonds is 5. The van der Waals surface area contributed by atoms with Crippen LogP contribution in [0.5, 0.6) is 5.75 Å². The highest BCUT2D eigenvalue weighted by molar-refractivity contribution is 8.00. The summed E-state index contributed by atoms with van der Waals surface area (Å²) in [5.74, 6) is 0.372. The molecular weight excluding hydrogens is 370 g/mol. The fraction of sp³-hybridized carbons (Fsp3) is 0.143. The van der Waals surface area contributed by atoms with Gasteiger partial charge in [0, 0.05) is 22.3 Å². The molecule has 9 heteroatoms. The number of alkyl halides is 3. The van der Waals surface area contributed by atoms with E-state index < -0.39 is 13.0 Å². The molecule has 0 aliphatic heterocycles. The molecule has 2 aromatic rings. The van der Waals surface area contributed by atoms with Gasteiger partial charge in [-0.15, -0.1) is 0 Å². The van der Waals surface area contributed by atoms with Gasteiger partial charge in [-0.3, -0.25) is 4.57 Å². The molecule has 2 aromatic carbocycles. The molecule has 0 bridgehead atoms. The van der Waals surface area contributed by atoms with Crippen molar-refractivity contribution in [3.63, 3.8) is 0 Å². The van der Waals surface area contributed by atoms with Gasteiger partial charge in [-0.1, -0.05) is 11.6 Å². The van der Waals surface area contributed by atoms with Gasteiger partial charge in [-0.25, -0.2) is 0 Å². The maximum absolute atomic E-state index is 12.4. The Balaban J connectivity index is 2.02. The van der Waals surface area contributed by atoms with Crippen LogP contribution in [0.4, 0.5) is 18.9 Å². The molecule has 0 unspecified atom stereocenters. The predicted octanol–water partition coefficient (Wildman–Crippen LogP) is 6.27. The number of hydrogen-bond donors (Lipinski definition) is 1. The van der Waals surface area contributed by atoms with Crippen LogP contribution in [0.25, 0.3) is 0 Å². The number of hydrogen-bond acceptors (Lipinski definition) is 3. The lowest BCUT2D eigenvalue weighted by molar-refractivity contribution is -0.0328. The molecule has 3 nitrogen and oxygen atoms in total. The lowest BCUT2D eigenvalue weighted by atomic mass is 10.3. The van der Waals surface area contributed by atoms with Crippen molar-refractivity contribution in [3.05, 3.63) is 53.6 Å². The van der Waals surface area contributed by atoms with Crippen LogP contribution >= 0.6 is 30.9 Å². The standard InChI is InChI=1S/C14H12ClF3NO2PS/c1-22(20,21-12-6-2-10(15)3-7-12)19-11-4-8-13(9-5-11)23-14(16,17)18/h2-9H,1H3,(H,19,20)/t22-/m0/s1. The van der Waals surface area contributed by atoms with Crippen molar-refractivity contribution >= 4 is 36.6 Å². The van der Waals surface area contributed by atoms with E-state index >= 15 is 0 Å². The number of halogens is 4. The summed E-state index contributed by atoms with van der Waals surface area (Å²) >= 11 is 5.54. The molecule has 2 rings (SSSR count). The lowest BCUT2D eigenvalue weighted by Crippen LogP contribution is -2.02. The number of nitrogens with one attached hydrogen (secondary N) is 1. The van der Waals surface area contributed by atoms with E-state index in [1.54, 1.807) is 24.3 Å². The monoisotopic (exact) mass is 381 g/mol. The fourth-order valence-electron chi connectivity index (χ4n) is 1.69. The summed E-state index contributed by atoms with van der Waals surface area (Å²) in [5, 5.41) is 3.20. The smallest absolute Gasteiger partial charge is 0.429 e. The second kappa shape index (κ2) is 7.07. The van der Waals surface area contributed by atoms with E-state index in [2.05, 4.69) is 5.09 Å². The zero-order valence-electron chi connectivity index (χ0n) is 11.8. The first-order chi connectivity index (χ1) is 10.6. The van der Waals surface area contributed by atoms with Crippen molar-refractivity contribution in [3.8, 4) is 5.75 Å². The van der Waals surface area contributed by atoms with Crippen LogP contribution in [-0.2, 0) is 4.57 Å². The van der Waals surface area contributed by atoms with Gasteiger partial charge in [0.2, 0.25) is 0 Å². The molecule has 0 aliphatic rings. The average Bonchev–Trinajstić information content (AvgIpc) is 2.41. The van der Waals surface area contributed by atoms with E-state index in [0.717, 1.165) is 0 Å². The number of anilines is 1. The van der Waals surface area contributed by atoms with Gasteiger partial charge in [0.05, 0.1) is 0 Å². The summed E-state index contributed by atoms with van der Waals surface area (Å²) in [7, 11) is -3.23. The van der Waals surface area contributed by atoms with Gasteiger partial charge in [-0.05, 0) is 60.3 Å². The largest absolute Gasteiger partial charge is 0.446 e. The van der Waals surface area contributed by atoms with Crippen molar-refractivity contribution in [1.29, 1.82) is 0 Å². The summed E-state index contributed by atoms with van der Waals surface area (Å²) in [6.07, 6.45) is 0. The molecule has 0 fully saturated rings. The normalized spacial score (nSPS) is 14.1. The molecule has 0 saturated carbocycles. The van der Waals surface area contributed by atoms with Crippen LogP contribution in [0.3, 0.4) is 0 Å². The predicted molar refractivity (Wildman–Crippen MR) is 87.6 cm³/mol. The minimum absolute atomic E-state index is 0.0487. The van der Waals surface area contributed by atoms with Crippen LogP contribution in [0, 0.1) is 0 Å². The second-order valence-corrected chi connectivity index (χ2v) is 8.25. The second-order valence-electron chi connectivity index (χ2n) is 4.58. The van der Waals surface area contributed by atoms with Crippen LogP contribution < -0.4 is 9.61 Å². The van der Waals surface area contributed by atoms with Crippen molar-refractivity contribution in [2.75, 3.05) is 11.8 Å². The van der Waals surface area contributed by atoms with E-state index in [0.29, 0.717) is 16.5 Å². The Labute approximate surface area is 140 Å². The minimum Gasteiger partial charge on any atom is -0.429 e. The maximum Gasteiger partial charge on any atom is 0.446 e. The zero-order chi connectivity index (χ0) is 17.1. The highest BCUT2D eigenvalue weighted by atomic mass is 35.5. The molecule has 1 N–H and O–H groups in total. The Kier molecular flexibility index (Phi) is 5.55. The van der Waals surface area contributed by atoms with Crippen LogP contribution in [0.2, 0.25) is 5.02 Å². The van der Waals surface area contributed by atoms with E-state index in [4.69, 9.17) is 16.1 Å². The Bertz CT molecular complexity index is 707. The highest BCUT2D eigenvalue weighted by Crippen LogP contribution is 2.44. The Hall–Kier alpha value is -1.30. The van der Waals surface area contributed by atoms with Gasteiger partial charge in [0.15, 0.2) is 0 Å². The van der Waals surface area contributed by atoms with Crippen LogP contribution in [0.1, 0.15) is 0 Å². The van der Waals surface area contributed by atoms with Crippen LogP contribution in [-0.4, -0.2) is 12.2 Å². The average molecular weight is 382 g/mol. The Morgan fingerprint density at radius 2 is 1.65 bits per heavy atom. The summed E-state index contributed by atoms with van der Waals surface area (Å²) in [5.41, 5.74) is -3.94. The minimum atomic E-state index is -4.34. The molecular formula is C14H12ClF3NO2PS. The topological polar surface area (TPSA) is 38.3 Å². The van der Waals surface area contributed by atoms with Crippen molar-refractivity contribution in [2.24, 2.45) is 0 Å². The van der Waals surface area contributed by atoms with E-state index in [1.165, 1.54) is 30.9 Å². The molecule has 1 atom stereocenters. The fourth-order valence-corrected chi connectivity index (χ4v) is 3.54. The first-order valence-electron chi connectivity index (χ1n) is 6.30. The van der Waals surface area contributed by atoms with E-state index in [9.17, 15) is 17.7 Å². The first kappa shape index (κ1) is 18.0. The summed E-state index contributed by atoms with van der Waals surface area (Å²) in [4.78, 5) is 0.0487. The Morgan fingerprint density at radius 3 is 2.17 bits per heavy atom. The number of benzene rings is 2. The summed E-state index contributed by atoms with van der Waals surface area (Å²) < 4.78 is 54.5.